The fourth-order valence-corrected chi connectivity index (χ4v) is 5.56. The molecular formula is C26H23BF2N2O6S. The minimum atomic E-state index is -4.10. The molecule has 0 radical (unpaired) electrons. The first-order valence-corrected chi connectivity index (χ1v) is 13.6. The van der Waals surface area contributed by atoms with Crippen molar-refractivity contribution in [3.63, 3.8) is 0 Å². The quantitative estimate of drug-likeness (QED) is 0.309. The van der Waals surface area contributed by atoms with Gasteiger partial charge in [-0.25, -0.2) is 21.5 Å². The highest BCUT2D eigenvalue weighted by Crippen LogP contribution is 2.49. The molecule has 3 N–H and O–H groups in total. The molecule has 1 saturated carbocycles. The van der Waals surface area contributed by atoms with Gasteiger partial charge in [-0.3, -0.25) is 4.79 Å². The van der Waals surface area contributed by atoms with Crippen LogP contribution in [0.3, 0.4) is 0 Å². The largest absolute Gasteiger partial charge is 0.488 e. The van der Waals surface area contributed by atoms with Gasteiger partial charge in [0, 0.05) is 24.1 Å². The van der Waals surface area contributed by atoms with Crippen molar-refractivity contribution in [2.24, 2.45) is 0 Å². The molecule has 1 aromatic heterocycles. The second kappa shape index (κ2) is 9.53. The molecule has 38 heavy (non-hydrogen) atoms. The monoisotopic (exact) mass is 540 g/mol. The van der Waals surface area contributed by atoms with E-state index in [1.807, 2.05) is 0 Å². The van der Waals surface area contributed by atoms with E-state index in [-0.39, 0.29) is 39.7 Å². The molecule has 5 rings (SSSR count). The number of carbonyl (C=O) groups excluding carboxylic acids is 1. The first-order valence-electron chi connectivity index (χ1n) is 11.7. The number of carbonyl (C=O) groups is 1. The molecular weight excluding hydrogens is 517 g/mol. The van der Waals surface area contributed by atoms with Crippen LogP contribution in [0.4, 0.5) is 20.2 Å². The van der Waals surface area contributed by atoms with E-state index in [0.717, 1.165) is 35.5 Å². The maximum absolute atomic E-state index is 15.2. The molecule has 0 spiro atoms. The van der Waals surface area contributed by atoms with E-state index in [1.165, 1.54) is 43.4 Å². The highest BCUT2D eigenvalue weighted by molar-refractivity contribution is 7.92. The Labute approximate surface area is 217 Å². The number of hydrogen-bond acceptors (Lipinski definition) is 6. The number of fused-ring (bicyclic) bond motifs is 1. The Bertz CT molecular complexity index is 1670. The molecule has 0 bridgehead atoms. The summed E-state index contributed by atoms with van der Waals surface area (Å²) in [4.78, 5) is 12.9. The van der Waals surface area contributed by atoms with E-state index in [0.29, 0.717) is 16.5 Å². The third kappa shape index (κ3) is 4.66. The number of furan rings is 1. The van der Waals surface area contributed by atoms with Crippen LogP contribution in [-0.4, -0.2) is 44.8 Å². The normalized spacial score (nSPS) is 13.5. The zero-order valence-electron chi connectivity index (χ0n) is 20.4. The average Bonchev–Trinajstić information content (AvgIpc) is 3.64. The predicted octanol–water partition coefficient (Wildman–Crippen LogP) is 3.39. The van der Waals surface area contributed by atoms with Crippen molar-refractivity contribution in [2.75, 3.05) is 17.6 Å². The summed E-state index contributed by atoms with van der Waals surface area (Å²) in [6.45, 7) is 0. The molecule has 4 aromatic rings. The van der Waals surface area contributed by atoms with Gasteiger partial charge < -0.3 is 19.8 Å². The summed E-state index contributed by atoms with van der Waals surface area (Å²) in [5, 5.41) is 21.8. The van der Waals surface area contributed by atoms with Crippen LogP contribution < -0.4 is 15.1 Å². The lowest BCUT2D eigenvalue weighted by Gasteiger charge is -2.26. The van der Waals surface area contributed by atoms with E-state index in [1.54, 1.807) is 6.07 Å². The number of halogens is 2. The molecule has 0 saturated heterocycles. The number of hydrogen-bond donors (Lipinski definition) is 3. The Balaban J connectivity index is 1.78. The second-order valence-corrected chi connectivity index (χ2v) is 11.0. The van der Waals surface area contributed by atoms with Crippen LogP contribution in [0.1, 0.15) is 34.7 Å². The van der Waals surface area contributed by atoms with Crippen LogP contribution in [0.2, 0.25) is 0 Å². The fraction of sp³-hybridized carbons (Fsp3) is 0.192. The molecule has 0 aliphatic heterocycles. The molecule has 1 heterocycles. The standard InChI is InChI=1S/C26H23BF2N2O6S/c1-30-26(32)24-19-12-18(14-3-4-14)22(13-23(19)37-25(24)15-5-8-17(28)9-6-15)31(38(2,35)36)21-10-7-16(27(33)34)11-20(21)29/h5-14,33-34H,3-4H2,1-2H3,(H,30,32). The lowest BCUT2D eigenvalue weighted by atomic mass is 9.80. The number of sulfonamides is 1. The molecule has 8 nitrogen and oxygen atoms in total. The van der Waals surface area contributed by atoms with E-state index < -0.39 is 34.7 Å². The van der Waals surface area contributed by atoms with Crippen molar-refractivity contribution in [1.82, 2.24) is 5.32 Å². The lowest BCUT2D eigenvalue weighted by molar-refractivity contribution is 0.0964. The van der Waals surface area contributed by atoms with Gasteiger partial charge in [0.25, 0.3) is 5.91 Å². The predicted molar refractivity (Wildman–Crippen MR) is 140 cm³/mol. The molecule has 1 fully saturated rings. The minimum absolute atomic E-state index is 0.0260. The van der Waals surface area contributed by atoms with Crippen LogP contribution in [0.15, 0.2) is 59.0 Å². The summed E-state index contributed by atoms with van der Waals surface area (Å²) in [6.07, 6.45) is 2.47. The summed E-state index contributed by atoms with van der Waals surface area (Å²) in [5.74, 6) is -1.73. The number of nitrogens with zero attached hydrogens (tertiary/aromatic N) is 1. The number of amides is 1. The van der Waals surface area contributed by atoms with Crippen molar-refractivity contribution in [2.45, 2.75) is 18.8 Å². The van der Waals surface area contributed by atoms with E-state index in [2.05, 4.69) is 5.32 Å². The van der Waals surface area contributed by atoms with Gasteiger partial charge in [0.1, 0.15) is 23.0 Å². The third-order valence-corrected chi connectivity index (χ3v) is 7.51. The Morgan fingerprint density at radius 1 is 1.05 bits per heavy atom. The maximum atomic E-state index is 15.2. The Morgan fingerprint density at radius 2 is 1.74 bits per heavy atom. The second-order valence-electron chi connectivity index (χ2n) is 9.19. The summed E-state index contributed by atoms with van der Waals surface area (Å²) < 4.78 is 61.7. The van der Waals surface area contributed by atoms with Crippen LogP contribution in [0.5, 0.6) is 0 Å². The molecule has 1 aliphatic carbocycles. The number of rotatable bonds is 7. The van der Waals surface area contributed by atoms with Gasteiger partial charge in [-0.05, 0) is 72.3 Å². The first kappa shape index (κ1) is 25.9. The van der Waals surface area contributed by atoms with Gasteiger partial charge in [0.2, 0.25) is 10.0 Å². The lowest BCUT2D eigenvalue weighted by Crippen LogP contribution is -2.32. The van der Waals surface area contributed by atoms with Gasteiger partial charge in [0.05, 0.1) is 23.2 Å². The van der Waals surface area contributed by atoms with E-state index >= 15 is 4.39 Å². The molecule has 3 aromatic carbocycles. The number of nitrogens with one attached hydrogen (secondary N) is 1. The van der Waals surface area contributed by atoms with Gasteiger partial charge in [0.15, 0.2) is 0 Å². The topological polar surface area (TPSA) is 120 Å². The first-order chi connectivity index (χ1) is 18.0. The van der Waals surface area contributed by atoms with Crippen LogP contribution >= 0.6 is 0 Å². The van der Waals surface area contributed by atoms with Gasteiger partial charge in [-0.1, -0.05) is 6.07 Å². The maximum Gasteiger partial charge on any atom is 0.488 e. The molecule has 12 heteroatoms. The molecule has 0 atom stereocenters. The highest BCUT2D eigenvalue weighted by atomic mass is 32.2. The summed E-state index contributed by atoms with van der Waals surface area (Å²) >= 11 is 0. The Morgan fingerprint density at radius 3 is 2.29 bits per heavy atom. The molecule has 196 valence electrons. The van der Waals surface area contributed by atoms with Crippen molar-refractivity contribution in [1.29, 1.82) is 0 Å². The number of anilines is 2. The van der Waals surface area contributed by atoms with E-state index in [9.17, 15) is 27.7 Å². The van der Waals surface area contributed by atoms with Crippen molar-refractivity contribution in [3.8, 4) is 11.3 Å². The highest BCUT2D eigenvalue weighted by Gasteiger charge is 2.35. The smallest absolute Gasteiger partial charge is 0.455 e. The van der Waals surface area contributed by atoms with Gasteiger partial charge in [-0.2, -0.15) is 0 Å². The third-order valence-electron chi connectivity index (χ3n) is 6.45. The minimum Gasteiger partial charge on any atom is -0.455 e. The molecule has 0 unspecified atom stereocenters. The van der Waals surface area contributed by atoms with Crippen molar-refractivity contribution < 1.29 is 36.5 Å². The average molecular weight is 540 g/mol. The Hall–Kier alpha value is -3.74. The summed E-state index contributed by atoms with van der Waals surface area (Å²) in [6, 6.07) is 11.8. The van der Waals surface area contributed by atoms with Crippen LogP contribution in [0, 0.1) is 11.6 Å². The number of benzene rings is 3. The van der Waals surface area contributed by atoms with Gasteiger partial charge in [-0.15, -0.1) is 0 Å². The van der Waals surface area contributed by atoms with Crippen molar-refractivity contribution in [3.05, 3.63) is 77.4 Å². The van der Waals surface area contributed by atoms with Crippen LogP contribution in [0.25, 0.3) is 22.3 Å². The summed E-state index contributed by atoms with van der Waals surface area (Å²) in [5.41, 5.74) is 1.13. The summed E-state index contributed by atoms with van der Waals surface area (Å²) in [7, 11) is -4.56. The van der Waals surface area contributed by atoms with Gasteiger partial charge >= 0.3 is 7.12 Å². The van der Waals surface area contributed by atoms with Crippen molar-refractivity contribution >= 4 is 50.9 Å². The van der Waals surface area contributed by atoms with E-state index in [4.69, 9.17) is 4.42 Å². The zero-order chi connectivity index (χ0) is 27.4. The van der Waals surface area contributed by atoms with Crippen LogP contribution in [-0.2, 0) is 10.0 Å². The molecule has 1 amide bonds. The molecule has 1 aliphatic rings. The fourth-order valence-electron chi connectivity index (χ4n) is 4.54. The zero-order valence-corrected chi connectivity index (χ0v) is 21.2. The SMILES string of the molecule is CNC(=O)c1c(-c2ccc(F)cc2)oc2cc(N(c3ccc(B(O)O)cc3F)S(C)(=O)=O)c(C3CC3)cc12. The Kier molecular flexibility index (Phi) is 6.50.